The van der Waals surface area contributed by atoms with Gasteiger partial charge in [-0.05, 0) is 82.5 Å². The highest BCUT2D eigenvalue weighted by molar-refractivity contribution is 9.10. The van der Waals surface area contributed by atoms with E-state index in [1.165, 1.54) is 42.4 Å². The maximum absolute atomic E-state index is 13.5. The lowest BCUT2D eigenvalue weighted by atomic mass is 10.1. The predicted molar refractivity (Wildman–Crippen MR) is 168 cm³/mol. The van der Waals surface area contributed by atoms with Crippen LogP contribution in [0.1, 0.15) is 27.0 Å². The number of nitrogens with one attached hydrogen (secondary N) is 2. The molecule has 1 heterocycles. The summed E-state index contributed by atoms with van der Waals surface area (Å²) < 4.78 is 25.4. The van der Waals surface area contributed by atoms with Gasteiger partial charge in [0.05, 0.1) is 23.5 Å². The molecule has 1 amide bonds. The van der Waals surface area contributed by atoms with Crippen LogP contribution in [0.2, 0.25) is 0 Å². The fraction of sp³-hybridized carbons (Fsp3) is 0.0938. The molecule has 1 aromatic heterocycles. The van der Waals surface area contributed by atoms with Gasteiger partial charge >= 0.3 is 0 Å². The number of anilines is 2. The number of methoxy groups -OCH3 is 1. The zero-order chi connectivity index (χ0) is 29.5. The smallest absolute Gasteiger partial charge is 0.271 e. The van der Waals surface area contributed by atoms with E-state index >= 15 is 0 Å². The molecule has 0 unspecified atom stereocenters. The first kappa shape index (κ1) is 29.0. The van der Waals surface area contributed by atoms with Crippen LogP contribution in [0.5, 0.6) is 11.5 Å². The number of hydrogen-bond donors (Lipinski definition) is 2. The molecule has 5 aromatic rings. The second-order valence-corrected chi connectivity index (χ2v) is 11.0. The number of hydrazone groups is 1. The zero-order valence-corrected chi connectivity index (χ0v) is 25.1. The summed E-state index contributed by atoms with van der Waals surface area (Å²) in [6.45, 7) is 2.22. The van der Waals surface area contributed by atoms with Crippen molar-refractivity contribution in [3.63, 3.8) is 0 Å². The minimum Gasteiger partial charge on any atom is -0.493 e. The highest BCUT2D eigenvalue weighted by Gasteiger charge is 2.13. The molecule has 5 rings (SSSR count). The summed E-state index contributed by atoms with van der Waals surface area (Å²) in [7, 11) is 1.52. The molecule has 0 atom stereocenters. The molecule has 10 heteroatoms. The van der Waals surface area contributed by atoms with Gasteiger partial charge in [0, 0.05) is 22.2 Å². The SMILES string of the molecule is COc1cc(/C=N\NC(=O)c2ccc(-c3csc(Nc4ccc(C)cc4)n3)cc2)cc(Br)c1OCc1cccc(F)c1. The first-order valence-corrected chi connectivity index (χ1v) is 14.5. The molecule has 0 saturated carbocycles. The molecule has 2 N–H and O–H groups in total. The topological polar surface area (TPSA) is 84.8 Å². The summed E-state index contributed by atoms with van der Waals surface area (Å²) in [4.78, 5) is 17.3. The number of thiazole rings is 1. The summed E-state index contributed by atoms with van der Waals surface area (Å²) in [5.41, 5.74) is 8.27. The Bertz CT molecular complexity index is 1720. The Morgan fingerprint density at radius 2 is 1.86 bits per heavy atom. The van der Waals surface area contributed by atoms with Crippen LogP contribution in [0.25, 0.3) is 11.3 Å². The lowest BCUT2D eigenvalue weighted by molar-refractivity contribution is 0.0955. The normalized spacial score (nSPS) is 11.0. The zero-order valence-electron chi connectivity index (χ0n) is 22.7. The van der Waals surface area contributed by atoms with Crippen molar-refractivity contribution in [2.24, 2.45) is 5.10 Å². The van der Waals surface area contributed by atoms with Crippen molar-refractivity contribution in [3.8, 4) is 22.8 Å². The average Bonchev–Trinajstić information content (AvgIpc) is 3.46. The van der Waals surface area contributed by atoms with Gasteiger partial charge in [-0.25, -0.2) is 14.8 Å². The van der Waals surface area contributed by atoms with E-state index in [1.807, 2.05) is 48.7 Å². The van der Waals surface area contributed by atoms with Crippen LogP contribution in [0, 0.1) is 12.7 Å². The number of hydrogen-bond acceptors (Lipinski definition) is 7. The molecule has 0 aliphatic rings. The standard InChI is InChI=1S/C32H26BrFN4O3S/c1-20-6-12-26(13-7-20)36-32-37-28(19-42-32)23-8-10-24(11-9-23)31(39)38-35-17-22-15-27(33)30(29(16-22)40-2)41-18-21-4-3-5-25(34)14-21/h3-17,19H,18H2,1-2H3,(H,36,37)(H,38,39)/b35-17-. The molecule has 0 radical (unpaired) electrons. The third-order valence-corrected chi connectivity index (χ3v) is 7.50. The third kappa shape index (κ3) is 7.39. The van der Waals surface area contributed by atoms with E-state index in [4.69, 9.17) is 9.47 Å². The monoisotopic (exact) mass is 644 g/mol. The van der Waals surface area contributed by atoms with Crippen LogP contribution in [-0.2, 0) is 6.61 Å². The van der Waals surface area contributed by atoms with Crippen LogP contribution in [0.15, 0.2) is 99.9 Å². The van der Waals surface area contributed by atoms with Gasteiger partial charge in [-0.1, -0.05) is 42.0 Å². The minimum absolute atomic E-state index is 0.170. The van der Waals surface area contributed by atoms with Gasteiger partial charge in [0.1, 0.15) is 12.4 Å². The fourth-order valence-electron chi connectivity index (χ4n) is 3.98. The van der Waals surface area contributed by atoms with Gasteiger partial charge in [0.2, 0.25) is 0 Å². The number of aryl methyl sites for hydroxylation is 1. The van der Waals surface area contributed by atoms with E-state index in [9.17, 15) is 9.18 Å². The molecule has 212 valence electrons. The molecule has 7 nitrogen and oxygen atoms in total. The number of carbonyl (C=O) groups excluding carboxylic acids is 1. The number of amides is 1. The molecule has 0 fully saturated rings. The number of rotatable bonds is 10. The Kier molecular flexibility index (Phi) is 9.25. The molecule has 42 heavy (non-hydrogen) atoms. The van der Waals surface area contributed by atoms with Crippen LogP contribution in [-0.4, -0.2) is 24.2 Å². The molecule has 4 aromatic carbocycles. The van der Waals surface area contributed by atoms with Crippen molar-refractivity contribution >= 4 is 50.2 Å². The lowest BCUT2D eigenvalue weighted by Crippen LogP contribution is -2.17. The van der Waals surface area contributed by atoms with Crippen LogP contribution >= 0.6 is 27.3 Å². The quantitative estimate of drug-likeness (QED) is 0.118. The lowest BCUT2D eigenvalue weighted by Gasteiger charge is -2.13. The molecule has 0 saturated heterocycles. The highest BCUT2D eigenvalue weighted by atomic mass is 79.9. The summed E-state index contributed by atoms with van der Waals surface area (Å²) in [6, 6.07) is 25.0. The number of aromatic nitrogens is 1. The number of carbonyl (C=O) groups is 1. The Balaban J connectivity index is 1.18. The van der Waals surface area contributed by atoms with Crippen LogP contribution in [0.3, 0.4) is 0 Å². The Morgan fingerprint density at radius 3 is 2.60 bits per heavy atom. The largest absolute Gasteiger partial charge is 0.493 e. The van der Waals surface area contributed by atoms with Crippen molar-refractivity contribution in [1.29, 1.82) is 0 Å². The molecule has 0 aliphatic heterocycles. The van der Waals surface area contributed by atoms with Crippen molar-refractivity contribution < 1.29 is 18.7 Å². The van der Waals surface area contributed by atoms with Crippen molar-refractivity contribution in [1.82, 2.24) is 10.4 Å². The maximum Gasteiger partial charge on any atom is 0.271 e. The van der Waals surface area contributed by atoms with Gasteiger partial charge in [0.25, 0.3) is 5.91 Å². The third-order valence-electron chi connectivity index (χ3n) is 6.15. The predicted octanol–water partition coefficient (Wildman–Crippen LogP) is 8.12. The van der Waals surface area contributed by atoms with E-state index in [-0.39, 0.29) is 18.3 Å². The van der Waals surface area contributed by atoms with Crippen molar-refractivity contribution in [2.75, 3.05) is 12.4 Å². The Morgan fingerprint density at radius 1 is 1.07 bits per heavy atom. The van der Waals surface area contributed by atoms with Gasteiger partial charge in [0.15, 0.2) is 16.6 Å². The number of halogens is 2. The van der Waals surface area contributed by atoms with Crippen LogP contribution < -0.4 is 20.2 Å². The number of benzene rings is 4. The number of ether oxygens (including phenoxy) is 2. The summed E-state index contributed by atoms with van der Waals surface area (Å²) in [5, 5.41) is 10.2. The van der Waals surface area contributed by atoms with Crippen molar-refractivity contribution in [3.05, 3.63) is 123 Å². The van der Waals surface area contributed by atoms with E-state index < -0.39 is 0 Å². The van der Waals surface area contributed by atoms with Gasteiger partial charge in [-0.2, -0.15) is 5.10 Å². The average molecular weight is 646 g/mol. The molecular weight excluding hydrogens is 619 g/mol. The molecule has 0 spiro atoms. The van der Waals surface area contributed by atoms with E-state index in [0.717, 1.165) is 22.1 Å². The van der Waals surface area contributed by atoms with Gasteiger partial charge in [-0.3, -0.25) is 4.79 Å². The molecular formula is C32H26BrFN4O3S. The Labute approximate surface area is 255 Å². The number of nitrogens with zero attached hydrogens (tertiary/aromatic N) is 2. The van der Waals surface area contributed by atoms with Gasteiger partial charge < -0.3 is 14.8 Å². The highest BCUT2D eigenvalue weighted by Crippen LogP contribution is 2.37. The van der Waals surface area contributed by atoms with Crippen molar-refractivity contribution in [2.45, 2.75) is 13.5 Å². The van der Waals surface area contributed by atoms with E-state index in [1.54, 1.807) is 36.4 Å². The molecule has 0 aliphatic carbocycles. The van der Waals surface area contributed by atoms with E-state index in [0.29, 0.717) is 32.7 Å². The second kappa shape index (κ2) is 13.4. The van der Waals surface area contributed by atoms with E-state index in [2.05, 4.69) is 36.8 Å². The summed E-state index contributed by atoms with van der Waals surface area (Å²) in [6.07, 6.45) is 1.51. The molecule has 0 bridgehead atoms. The maximum atomic E-state index is 13.5. The summed E-state index contributed by atoms with van der Waals surface area (Å²) in [5.74, 6) is 0.260. The van der Waals surface area contributed by atoms with Crippen LogP contribution in [0.4, 0.5) is 15.2 Å². The second-order valence-electron chi connectivity index (χ2n) is 9.26. The minimum atomic E-state index is -0.348. The Hall–Kier alpha value is -4.54. The first-order valence-electron chi connectivity index (χ1n) is 12.9. The summed E-state index contributed by atoms with van der Waals surface area (Å²) >= 11 is 5.01. The fourth-order valence-corrected chi connectivity index (χ4v) is 5.30. The van der Waals surface area contributed by atoms with Gasteiger partial charge in [-0.15, -0.1) is 11.3 Å². The first-order chi connectivity index (χ1) is 20.4.